The van der Waals surface area contributed by atoms with Crippen LogP contribution >= 0.6 is 0 Å². The molecule has 114 valence electrons. The van der Waals surface area contributed by atoms with Crippen molar-refractivity contribution in [2.75, 3.05) is 19.6 Å². The van der Waals surface area contributed by atoms with Crippen molar-refractivity contribution in [2.24, 2.45) is 5.92 Å². The van der Waals surface area contributed by atoms with Crippen LogP contribution in [0.25, 0.3) is 0 Å². The smallest absolute Gasteiger partial charge is 0.227 e. The van der Waals surface area contributed by atoms with Gasteiger partial charge in [-0.1, -0.05) is 12.1 Å². The number of nitrogens with zero attached hydrogens (tertiary/aromatic N) is 1. The van der Waals surface area contributed by atoms with Crippen molar-refractivity contribution in [3.8, 4) is 0 Å². The number of benzene rings is 1. The molecule has 3 heteroatoms. The van der Waals surface area contributed by atoms with Crippen LogP contribution in [0.2, 0.25) is 0 Å². The maximum absolute atomic E-state index is 12.8. The van der Waals surface area contributed by atoms with E-state index < -0.39 is 0 Å². The number of aryl methyl sites for hydroxylation is 3. The van der Waals surface area contributed by atoms with Gasteiger partial charge in [0.2, 0.25) is 5.91 Å². The Hall–Kier alpha value is -1.35. The summed E-state index contributed by atoms with van der Waals surface area (Å²) in [5.41, 5.74) is 5.50. The molecule has 1 saturated heterocycles. The van der Waals surface area contributed by atoms with Gasteiger partial charge < -0.3 is 10.2 Å². The summed E-state index contributed by atoms with van der Waals surface area (Å²) in [5.74, 6) is 0.542. The minimum atomic E-state index is 0.187. The van der Waals surface area contributed by atoms with Gasteiger partial charge in [0.05, 0.1) is 5.92 Å². The van der Waals surface area contributed by atoms with Crippen molar-refractivity contribution in [2.45, 2.75) is 46.1 Å². The molecule has 2 aliphatic heterocycles. The van der Waals surface area contributed by atoms with Gasteiger partial charge in [0.15, 0.2) is 0 Å². The number of hydrogen-bond acceptors (Lipinski definition) is 2. The van der Waals surface area contributed by atoms with E-state index in [4.69, 9.17) is 0 Å². The number of amides is 1. The van der Waals surface area contributed by atoms with Crippen molar-refractivity contribution in [3.63, 3.8) is 0 Å². The molecule has 2 aliphatic rings. The zero-order valence-electron chi connectivity index (χ0n) is 13.2. The molecule has 2 heterocycles. The third-order valence-electron chi connectivity index (χ3n) is 5.01. The summed E-state index contributed by atoms with van der Waals surface area (Å²) in [6.45, 7) is 7.96. The van der Waals surface area contributed by atoms with Gasteiger partial charge in [-0.2, -0.15) is 0 Å². The summed E-state index contributed by atoms with van der Waals surface area (Å²) in [5, 5.41) is 3.36. The van der Waals surface area contributed by atoms with Crippen LogP contribution in [0.5, 0.6) is 0 Å². The van der Waals surface area contributed by atoms with Gasteiger partial charge in [0.25, 0.3) is 0 Å². The van der Waals surface area contributed by atoms with Gasteiger partial charge in [-0.05, 0) is 68.3 Å². The second-order valence-electron chi connectivity index (χ2n) is 6.61. The van der Waals surface area contributed by atoms with E-state index in [1.807, 2.05) is 0 Å². The van der Waals surface area contributed by atoms with Gasteiger partial charge in [-0.25, -0.2) is 0 Å². The first-order valence-corrected chi connectivity index (χ1v) is 8.23. The van der Waals surface area contributed by atoms with Gasteiger partial charge in [0, 0.05) is 19.6 Å². The fourth-order valence-corrected chi connectivity index (χ4v) is 3.57. The SMILES string of the molecule is Cc1cc2c(cc1C)CN(C(=O)C1CCCNC1)CCC2. The summed E-state index contributed by atoms with van der Waals surface area (Å²) in [4.78, 5) is 14.8. The molecule has 1 aromatic carbocycles. The van der Waals surface area contributed by atoms with Crippen LogP contribution < -0.4 is 5.32 Å². The Morgan fingerprint density at radius 2 is 1.95 bits per heavy atom. The summed E-state index contributed by atoms with van der Waals surface area (Å²) in [7, 11) is 0. The lowest BCUT2D eigenvalue weighted by Gasteiger charge is -2.29. The number of rotatable bonds is 1. The molecule has 0 aliphatic carbocycles. The van der Waals surface area contributed by atoms with E-state index >= 15 is 0 Å². The van der Waals surface area contributed by atoms with Crippen LogP contribution in [-0.2, 0) is 17.8 Å². The standard InChI is InChI=1S/C18H26N2O/c1-13-9-15-6-4-8-20(12-17(15)10-14(13)2)18(21)16-5-3-7-19-11-16/h9-10,16,19H,3-8,11-12H2,1-2H3. The summed E-state index contributed by atoms with van der Waals surface area (Å²) in [6.07, 6.45) is 4.35. The molecule has 0 spiro atoms. The zero-order chi connectivity index (χ0) is 14.8. The van der Waals surface area contributed by atoms with Crippen LogP contribution in [0.3, 0.4) is 0 Å². The monoisotopic (exact) mass is 286 g/mol. The molecule has 1 unspecified atom stereocenters. The highest BCUT2D eigenvalue weighted by molar-refractivity contribution is 5.79. The molecule has 0 aromatic heterocycles. The van der Waals surface area contributed by atoms with E-state index in [2.05, 4.69) is 36.2 Å². The molecule has 21 heavy (non-hydrogen) atoms. The molecule has 0 saturated carbocycles. The van der Waals surface area contributed by atoms with Gasteiger partial charge in [-0.3, -0.25) is 4.79 Å². The van der Waals surface area contributed by atoms with E-state index in [0.717, 1.165) is 51.9 Å². The van der Waals surface area contributed by atoms with Crippen LogP contribution in [-0.4, -0.2) is 30.4 Å². The Bertz CT molecular complexity index is 532. The first-order chi connectivity index (χ1) is 10.1. The van der Waals surface area contributed by atoms with E-state index in [1.165, 1.54) is 22.3 Å². The van der Waals surface area contributed by atoms with Crippen LogP contribution in [0.4, 0.5) is 0 Å². The van der Waals surface area contributed by atoms with Crippen LogP contribution in [0, 0.1) is 19.8 Å². The van der Waals surface area contributed by atoms with E-state index in [9.17, 15) is 4.79 Å². The topological polar surface area (TPSA) is 32.3 Å². The Labute approximate surface area is 127 Å². The highest BCUT2D eigenvalue weighted by Gasteiger charge is 2.27. The lowest BCUT2D eigenvalue weighted by molar-refractivity contribution is -0.136. The number of carbonyl (C=O) groups is 1. The predicted molar refractivity (Wildman–Crippen MR) is 85.2 cm³/mol. The molecular formula is C18H26N2O. The first-order valence-electron chi connectivity index (χ1n) is 8.23. The second-order valence-corrected chi connectivity index (χ2v) is 6.61. The molecule has 1 atom stereocenters. The Morgan fingerprint density at radius 1 is 1.19 bits per heavy atom. The molecule has 1 N–H and O–H groups in total. The normalized spacial score (nSPS) is 22.6. The molecule has 3 rings (SSSR count). The molecule has 1 aromatic rings. The van der Waals surface area contributed by atoms with Crippen molar-refractivity contribution < 1.29 is 4.79 Å². The molecule has 3 nitrogen and oxygen atoms in total. The van der Waals surface area contributed by atoms with Gasteiger partial charge in [-0.15, -0.1) is 0 Å². The molecule has 0 radical (unpaired) electrons. The van der Waals surface area contributed by atoms with Crippen LogP contribution in [0.15, 0.2) is 12.1 Å². The lowest BCUT2D eigenvalue weighted by atomic mass is 9.97. The Balaban J connectivity index is 1.78. The fraction of sp³-hybridized carbons (Fsp3) is 0.611. The van der Waals surface area contributed by atoms with Gasteiger partial charge >= 0.3 is 0 Å². The van der Waals surface area contributed by atoms with Crippen LogP contribution in [0.1, 0.15) is 41.5 Å². The van der Waals surface area contributed by atoms with Crippen molar-refractivity contribution in [1.29, 1.82) is 0 Å². The molecular weight excluding hydrogens is 260 g/mol. The number of carbonyl (C=O) groups excluding carboxylic acids is 1. The molecule has 0 bridgehead atoms. The molecule has 1 amide bonds. The Morgan fingerprint density at radius 3 is 2.67 bits per heavy atom. The van der Waals surface area contributed by atoms with E-state index in [0.29, 0.717) is 5.91 Å². The molecule has 1 fully saturated rings. The predicted octanol–water partition coefficient (Wildman–Crippen LogP) is 2.58. The average Bonchev–Trinajstić information content (AvgIpc) is 2.70. The zero-order valence-corrected chi connectivity index (χ0v) is 13.2. The van der Waals surface area contributed by atoms with Gasteiger partial charge in [0.1, 0.15) is 0 Å². The largest absolute Gasteiger partial charge is 0.338 e. The minimum absolute atomic E-state index is 0.187. The highest BCUT2D eigenvalue weighted by atomic mass is 16.2. The number of piperidine rings is 1. The first kappa shape index (κ1) is 14.6. The van der Waals surface area contributed by atoms with Crippen molar-refractivity contribution in [3.05, 3.63) is 34.4 Å². The summed E-state index contributed by atoms with van der Waals surface area (Å²) < 4.78 is 0. The van der Waals surface area contributed by atoms with Crippen molar-refractivity contribution >= 4 is 5.91 Å². The number of hydrogen-bond donors (Lipinski definition) is 1. The highest BCUT2D eigenvalue weighted by Crippen LogP contribution is 2.24. The maximum Gasteiger partial charge on any atom is 0.227 e. The number of nitrogens with one attached hydrogen (secondary N) is 1. The van der Waals surface area contributed by atoms with E-state index in [-0.39, 0.29) is 5.92 Å². The Kier molecular flexibility index (Phi) is 4.29. The summed E-state index contributed by atoms with van der Waals surface area (Å²) in [6, 6.07) is 4.61. The number of fused-ring (bicyclic) bond motifs is 1. The lowest BCUT2D eigenvalue weighted by Crippen LogP contribution is -2.42. The fourth-order valence-electron chi connectivity index (χ4n) is 3.57. The van der Waals surface area contributed by atoms with E-state index in [1.54, 1.807) is 0 Å². The van der Waals surface area contributed by atoms with Crippen molar-refractivity contribution in [1.82, 2.24) is 10.2 Å². The quantitative estimate of drug-likeness (QED) is 0.860. The second kappa shape index (κ2) is 6.18. The summed E-state index contributed by atoms with van der Waals surface area (Å²) >= 11 is 0. The average molecular weight is 286 g/mol. The third-order valence-corrected chi connectivity index (χ3v) is 5.01. The third kappa shape index (κ3) is 3.13. The maximum atomic E-state index is 12.8. The minimum Gasteiger partial charge on any atom is -0.338 e.